The molecule has 1 amide bonds. The molecular weight excluding hydrogens is 245 g/mol. The van der Waals surface area contributed by atoms with Crippen LogP contribution in [0.3, 0.4) is 0 Å². The maximum Gasteiger partial charge on any atom is 0.224 e. The lowest BCUT2D eigenvalue weighted by Gasteiger charge is -2.21. The van der Waals surface area contributed by atoms with E-state index < -0.39 is 11.2 Å². The minimum absolute atomic E-state index is 0.0503. The molecule has 1 saturated heterocycles. The number of rotatable bonds is 3. The Balaban J connectivity index is 2.08. The van der Waals surface area contributed by atoms with Gasteiger partial charge in [0.05, 0.1) is 11.0 Å². The summed E-state index contributed by atoms with van der Waals surface area (Å²) >= 11 is 0. The van der Waals surface area contributed by atoms with E-state index in [2.05, 4.69) is 4.90 Å². The molecule has 1 aromatic carbocycles. The van der Waals surface area contributed by atoms with Crippen LogP contribution >= 0.6 is 0 Å². The van der Waals surface area contributed by atoms with E-state index in [0.29, 0.717) is 13.1 Å². The lowest BCUT2D eigenvalue weighted by molar-refractivity contribution is -0.126. The van der Waals surface area contributed by atoms with E-state index in [-0.39, 0.29) is 11.5 Å². The van der Waals surface area contributed by atoms with E-state index in [1.807, 2.05) is 13.0 Å². The Morgan fingerprint density at radius 3 is 2.95 bits per heavy atom. The van der Waals surface area contributed by atoms with Crippen LogP contribution in [0.25, 0.3) is 0 Å². The Morgan fingerprint density at radius 2 is 2.37 bits per heavy atom. The Labute approximate surface area is 111 Å². The maximum absolute atomic E-state index is 13.2. The number of nitrogens with two attached hydrogens (primary N) is 1. The summed E-state index contributed by atoms with van der Waals surface area (Å²) < 4.78 is 13.2. The summed E-state index contributed by atoms with van der Waals surface area (Å²) in [4.78, 5) is 13.5. The Kier molecular flexibility index (Phi) is 3.54. The van der Waals surface area contributed by atoms with Gasteiger partial charge in [0, 0.05) is 13.1 Å². The van der Waals surface area contributed by atoms with Gasteiger partial charge in [-0.05, 0) is 37.6 Å². The number of hydrogen-bond donors (Lipinski definition) is 1. The quantitative estimate of drug-likeness (QED) is 0.894. The van der Waals surface area contributed by atoms with Crippen molar-refractivity contribution >= 4 is 5.91 Å². The number of carbonyl (C=O) groups excluding carboxylic acids is 1. The van der Waals surface area contributed by atoms with Crippen molar-refractivity contribution in [1.82, 2.24) is 4.90 Å². The molecule has 1 aliphatic rings. The highest BCUT2D eigenvalue weighted by atomic mass is 19.1. The highest BCUT2D eigenvalue weighted by molar-refractivity contribution is 5.81. The molecule has 0 aromatic heterocycles. The molecule has 1 unspecified atom stereocenters. The van der Waals surface area contributed by atoms with Crippen LogP contribution in [0, 0.1) is 22.6 Å². The number of primary amides is 1. The number of likely N-dealkylation sites (tertiary alicyclic amines) is 1. The van der Waals surface area contributed by atoms with Crippen molar-refractivity contribution in [3.8, 4) is 6.07 Å². The predicted octanol–water partition coefficient (Wildman–Crippen LogP) is 1.39. The van der Waals surface area contributed by atoms with Crippen molar-refractivity contribution in [1.29, 1.82) is 5.26 Å². The fourth-order valence-electron chi connectivity index (χ4n) is 2.41. The van der Waals surface area contributed by atoms with Crippen LogP contribution in [0.15, 0.2) is 18.2 Å². The molecule has 5 heteroatoms. The minimum atomic E-state index is -0.505. The Hall–Kier alpha value is -1.93. The molecule has 0 radical (unpaired) electrons. The second kappa shape index (κ2) is 4.98. The van der Waals surface area contributed by atoms with Gasteiger partial charge in [-0.25, -0.2) is 4.39 Å². The lowest BCUT2D eigenvalue weighted by Crippen LogP contribution is -2.36. The van der Waals surface area contributed by atoms with E-state index in [1.54, 1.807) is 12.1 Å². The number of hydrogen-bond acceptors (Lipinski definition) is 3. The first-order chi connectivity index (χ1) is 8.94. The van der Waals surface area contributed by atoms with Crippen LogP contribution in [0.1, 0.15) is 24.5 Å². The maximum atomic E-state index is 13.2. The van der Waals surface area contributed by atoms with E-state index >= 15 is 0 Å². The third-order valence-electron chi connectivity index (χ3n) is 3.70. The third-order valence-corrected chi connectivity index (χ3v) is 3.70. The monoisotopic (exact) mass is 261 g/mol. The van der Waals surface area contributed by atoms with Gasteiger partial charge in [0.15, 0.2) is 0 Å². The predicted molar refractivity (Wildman–Crippen MR) is 68.3 cm³/mol. The molecule has 1 fully saturated rings. The molecule has 0 spiro atoms. The highest BCUT2D eigenvalue weighted by Gasteiger charge is 2.38. The average Bonchev–Trinajstić information content (AvgIpc) is 2.75. The number of nitriles is 1. The second-order valence-corrected chi connectivity index (χ2v) is 5.31. The molecule has 0 bridgehead atoms. The van der Waals surface area contributed by atoms with Crippen LogP contribution in [0.5, 0.6) is 0 Å². The topological polar surface area (TPSA) is 70.1 Å². The van der Waals surface area contributed by atoms with Crippen LogP contribution in [-0.2, 0) is 11.3 Å². The summed E-state index contributed by atoms with van der Waals surface area (Å²) in [6, 6.07) is 6.34. The molecular formula is C14H16FN3O. The van der Waals surface area contributed by atoms with E-state index in [9.17, 15) is 9.18 Å². The summed E-state index contributed by atoms with van der Waals surface area (Å²) in [5, 5.41) is 8.79. The van der Waals surface area contributed by atoms with Gasteiger partial charge in [0.25, 0.3) is 0 Å². The molecule has 19 heavy (non-hydrogen) atoms. The summed E-state index contributed by atoms with van der Waals surface area (Å²) in [6.45, 7) is 3.83. The summed E-state index contributed by atoms with van der Waals surface area (Å²) in [5.41, 5.74) is 5.82. The van der Waals surface area contributed by atoms with Crippen LogP contribution in [0.4, 0.5) is 4.39 Å². The summed E-state index contributed by atoms with van der Waals surface area (Å²) in [7, 11) is 0. The van der Waals surface area contributed by atoms with Crippen LogP contribution < -0.4 is 5.73 Å². The smallest absolute Gasteiger partial charge is 0.224 e. The first kappa shape index (κ1) is 13.5. The Morgan fingerprint density at radius 1 is 1.63 bits per heavy atom. The van der Waals surface area contributed by atoms with Gasteiger partial charge in [-0.3, -0.25) is 9.69 Å². The van der Waals surface area contributed by atoms with Crippen molar-refractivity contribution in [2.24, 2.45) is 11.1 Å². The molecule has 2 rings (SSSR count). The van der Waals surface area contributed by atoms with Crippen molar-refractivity contribution in [3.63, 3.8) is 0 Å². The van der Waals surface area contributed by atoms with Gasteiger partial charge in [-0.2, -0.15) is 5.26 Å². The number of amides is 1. The van der Waals surface area contributed by atoms with Crippen LogP contribution in [0.2, 0.25) is 0 Å². The lowest BCUT2D eigenvalue weighted by atomic mass is 9.89. The molecule has 0 saturated carbocycles. The van der Waals surface area contributed by atoms with Gasteiger partial charge in [-0.1, -0.05) is 6.07 Å². The minimum Gasteiger partial charge on any atom is -0.369 e. The second-order valence-electron chi connectivity index (χ2n) is 5.31. The molecule has 1 aliphatic heterocycles. The van der Waals surface area contributed by atoms with Crippen molar-refractivity contribution in [3.05, 3.63) is 35.1 Å². The van der Waals surface area contributed by atoms with Crippen LogP contribution in [-0.4, -0.2) is 23.9 Å². The molecule has 2 N–H and O–H groups in total. The zero-order valence-electron chi connectivity index (χ0n) is 10.8. The Bertz CT molecular complexity index is 552. The molecule has 1 heterocycles. The standard InChI is InChI=1S/C14H16FN3O/c1-14(13(17)19)4-5-18(9-14)8-10-2-3-12(15)11(6-10)7-16/h2-3,6H,4-5,8-9H2,1H3,(H2,17,19). The van der Waals surface area contributed by atoms with E-state index in [0.717, 1.165) is 18.5 Å². The number of nitrogens with zero attached hydrogens (tertiary/aromatic N) is 2. The first-order valence-electron chi connectivity index (χ1n) is 6.15. The van der Waals surface area contributed by atoms with Crippen molar-refractivity contribution < 1.29 is 9.18 Å². The fourth-order valence-corrected chi connectivity index (χ4v) is 2.41. The molecule has 0 aliphatic carbocycles. The molecule has 100 valence electrons. The fraction of sp³-hybridized carbons (Fsp3) is 0.429. The van der Waals surface area contributed by atoms with Gasteiger partial charge >= 0.3 is 0 Å². The number of halogens is 1. The van der Waals surface area contributed by atoms with Gasteiger partial charge in [-0.15, -0.1) is 0 Å². The van der Waals surface area contributed by atoms with Gasteiger partial charge in [0.2, 0.25) is 5.91 Å². The van der Waals surface area contributed by atoms with Crippen molar-refractivity contribution in [2.45, 2.75) is 19.9 Å². The van der Waals surface area contributed by atoms with Crippen molar-refractivity contribution in [2.75, 3.05) is 13.1 Å². The third kappa shape index (κ3) is 2.74. The van der Waals surface area contributed by atoms with Gasteiger partial charge in [0.1, 0.15) is 11.9 Å². The van der Waals surface area contributed by atoms with Gasteiger partial charge < -0.3 is 5.73 Å². The zero-order chi connectivity index (χ0) is 14.0. The summed E-state index contributed by atoms with van der Waals surface area (Å²) in [6.07, 6.45) is 0.731. The number of carbonyl (C=O) groups is 1. The molecule has 4 nitrogen and oxygen atoms in total. The SMILES string of the molecule is CC1(C(N)=O)CCN(Cc2ccc(F)c(C#N)c2)C1. The average molecular weight is 261 g/mol. The number of benzene rings is 1. The molecule has 1 atom stereocenters. The normalized spacial score (nSPS) is 23.2. The zero-order valence-corrected chi connectivity index (χ0v) is 10.8. The largest absolute Gasteiger partial charge is 0.369 e. The molecule has 1 aromatic rings. The highest BCUT2D eigenvalue weighted by Crippen LogP contribution is 2.30. The first-order valence-corrected chi connectivity index (χ1v) is 6.15. The summed E-state index contributed by atoms with van der Waals surface area (Å²) in [5.74, 6) is -0.790. The van der Waals surface area contributed by atoms with E-state index in [1.165, 1.54) is 6.07 Å². The van der Waals surface area contributed by atoms with E-state index in [4.69, 9.17) is 11.0 Å².